The van der Waals surface area contributed by atoms with Crippen LogP contribution in [-0.4, -0.2) is 113 Å². The molecule has 2 fully saturated rings. The van der Waals surface area contributed by atoms with Crippen molar-refractivity contribution < 1.29 is 28.9 Å². The number of fused-ring (bicyclic) bond motifs is 1. The van der Waals surface area contributed by atoms with Crippen LogP contribution in [0.5, 0.6) is 11.5 Å². The van der Waals surface area contributed by atoms with E-state index in [-0.39, 0.29) is 28.0 Å². The molecule has 56 heavy (non-hydrogen) atoms. The van der Waals surface area contributed by atoms with Crippen LogP contribution in [0.25, 0.3) is 10.2 Å². The number of nitrogens with zero attached hydrogens (tertiary/aromatic N) is 4. The number of likely N-dealkylation sites (tertiary alicyclic amines) is 1. The zero-order valence-electron chi connectivity index (χ0n) is 33.3. The average Bonchev–Trinajstić information content (AvgIpc) is 3.86. The Bertz CT molecular complexity index is 1980. The smallest absolute Gasteiger partial charge is 0.305 e. The van der Waals surface area contributed by atoms with Crippen molar-refractivity contribution in [3.8, 4) is 11.5 Å². The Hall–Kier alpha value is -3.82. The Kier molecular flexibility index (Phi) is 14.6. The predicted octanol–water partition coefficient (Wildman–Crippen LogP) is 6.60. The molecular formula is C42H57N5O7S2. The highest BCUT2D eigenvalue weighted by Crippen LogP contribution is 2.34. The van der Waals surface area contributed by atoms with Gasteiger partial charge in [-0.05, 0) is 62.6 Å². The fraction of sp³-hybridized carbons (Fsp3) is 0.571. The van der Waals surface area contributed by atoms with Crippen LogP contribution in [0.15, 0.2) is 40.5 Å². The van der Waals surface area contributed by atoms with E-state index in [9.17, 15) is 19.5 Å². The third-order valence-corrected chi connectivity index (χ3v) is 13.1. The lowest BCUT2D eigenvalue weighted by Gasteiger charge is -2.47. The van der Waals surface area contributed by atoms with E-state index in [0.717, 1.165) is 102 Å². The van der Waals surface area contributed by atoms with E-state index in [4.69, 9.17) is 14.2 Å². The van der Waals surface area contributed by atoms with Crippen molar-refractivity contribution in [1.29, 1.82) is 0 Å². The topological polar surface area (TPSA) is 138 Å². The second kappa shape index (κ2) is 19.6. The number of carbonyl (C=O) groups excluding carboxylic acids is 2. The molecule has 4 aromatic rings. The number of benzene rings is 2. The number of nitrogens with one attached hydrogen (secondary N) is 1. The molecule has 1 spiro atoms. The van der Waals surface area contributed by atoms with Crippen LogP contribution in [0, 0.1) is 0 Å². The number of phenolic OH excluding ortho intramolecular Hbond substituents is 1. The third-order valence-electron chi connectivity index (χ3n) is 11.0. The van der Waals surface area contributed by atoms with Crippen molar-refractivity contribution >= 4 is 44.7 Å². The van der Waals surface area contributed by atoms with Crippen molar-refractivity contribution in [2.45, 2.75) is 90.2 Å². The zero-order valence-corrected chi connectivity index (χ0v) is 34.9. The van der Waals surface area contributed by atoms with E-state index in [1.165, 1.54) is 0 Å². The summed E-state index contributed by atoms with van der Waals surface area (Å²) in [5.74, 6) is 1.40. The Morgan fingerprint density at radius 1 is 1.05 bits per heavy atom. The number of ether oxygens (including phenoxy) is 3. The van der Waals surface area contributed by atoms with Crippen LogP contribution in [-0.2, 0) is 33.7 Å². The quantitative estimate of drug-likeness (QED) is 0.107. The Balaban J connectivity index is 0.896. The second-order valence-corrected chi connectivity index (χ2v) is 17.1. The van der Waals surface area contributed by atoms with Crippen molar-refractivity contribution in [3.63, 3.8) is 0 Å². The van der Waals surface area contributed by atoms with Crippen LogP contribution in [0.2, 0.25) is 0 Å². The molecule has 2 amide bonds. The van der Waals surface area contributed by atoms with Crippen LogP contribution in [0.4, 0.5) is 0 Å². The first-order valence-corrected chi connectivity index (χ1v) is 21.7. The van der Waals surface area contributed by atoms with Gasteiger partial charge in [0.25, 0.3) is 5.91 Å². The van der Waals surface area contributed by atoms with E-state index in [2.05, 4.69) is 46.9 Å². The molecule has 2 saturated heterocycles. The second-order valence-electron chi connectivity index (χ2n) is 15.2. The molecule has 0 bridgehead atoms. The van der Waals surface area contributed by atoms with Crippen molar-refractivity contribution in [2.24, 2.45) is 0 Å². The van der Waals surface area contributed by atoms with Crippen LogP contribution >= 0.6 is 22.7 Å². The number of H-pyrrole nitrogens is 1. The Morgan fingerprint density at radius 2 is 1.86 bits per heavy atom. The van der Waals surface area contributed by atoms with Gasteiger partial charge in [0.15, 0.2) is 0 Å². The summed E-state index contributed by atoms with van der Waals surface area (Å²) in [5.41, 5.74) is 4.03. The summed E-state index contributed by atoms with van der Waals surface area (Å²) in [6, 6.07) is 9.81. The van der Waals surface area contributed by atoms with Crippen molar-refractivity contribution in [3.05, 3.63) is 72.8 Å². The number of hydrogen-bond acceptors (Lipinski definition) is 11. The first kappa shape index (κ1) is 41.8. The van der Waals surface area contributed by atoms with E-state index >= 15 is 0 Å². The van der Waals surface area contributed by atoms with E-state index in [0.29, 0.717) is 76.0 Å². The summed E-state index contributed by atoms with van der Waals surface area (Å²) in [7, 11) is 1.72. The van der Waals surface area contributed by atoms with Gasteiger partial charge in [-0.3, -0.25) is 19.3 Å². The number of aromatic hydroxyl groups is 1. The molecular weight excluding hydrogens is 751 g/mol. The minimum atomic E-state index is -0.322. The van der Waals surface area contributed by atoms with E-state index in [1.54, 1.807) is 24.5 Å². The molecule has 0 unspecified atom stereocenters. The first-order chi connectivity index (χ1) is 27.1. The number of aromatic amines is 1. The molecule has 12 nitrogen and oxygen atoms in total. The molecule has 2 aromatic heterocycles. The number of aryl methyl sites for hydroxylation is 1. The number of carbonyl (C=O) groups is 2. The fourth-order valence-corrected chi connectivity index (χ4v) is 9.55. The van der Waals surface area contributed by atoms with Crippen molar-refractivity contribution in [1.82, 2.24) is 24.7 Å². The first-order valence-electron chi connectivity index (χ1n) is 20.0. The summed E-state index contributed by atoms with van der Waals surface area (Å²) in [5, 5.41) is 12.9. The highest BCUT2D eigenvalue weighted by molar-refractivity contribution is 7.16. The number of phenols is 1. The molecule has 0 aliphatic carbocycles. The van der Waals surface area contributed by atoms with Crippen LogP contribution in [0.1, 0.15) is 97.4 Å². The number of unbranched alkanes of at least 4 members (excludes halogenated alkanes) is 2. The number of methoxy groups -OCH3 is 1. The lowest BCUT2D eigenvalue weighted by atomic mass is 9.89. The number of amides is 2. The molecule has 6 rings (SSSR count). The van der Waals surface area contributed by atoms with Gasteiger partial charge in [0.1, 0.15) is 22.7 Å². The van der Waals surface area contributed by atoms with Gasteiger partial charge in [-0.1, -0.05) is 55.9 Å². The maximum atomic E-state index is 13.3. The van der Waals surface area contributed by atoms with Gasteiger partial charge in [0.2, 0.25) is 5.91 Å². The molecule has 14 heteroatoms. The maximum Gasteiger partial charge on any atom is 0.305 e. The monoisotopic (exact) mass is 807 g/mol. The van der Waals surface area contributed by atoms with Crippen LogP contribution < -0.4 is 9.61 Å². The molecule has 2 aliphatic rings. The van der Waals surface area contributed by atoms with E-state index in [1.807, 2.05) is 28.2 Å². The number of rotatable bonds is 18. The number of piperidine rings is 1. The van der Waals surface area contributed by atoms with Gasteiger partial charge in [0, 0.05) is 56.1 Å². The van der Waals surface area contributed by atoms with Crippen LogP contribution in [0.3, 0.4) is 0 Å². The Morgan fingerprint density at radius 3 is 2.61 bits per heavy atom. The number of thiazole rings is 2. The third kappa shape index (κ3) is 10.4. The Labute approximate surface area is 337 Å². The lowest BCUT2D eigenvalue weighted by molar-refractivity contribution is -0.132. The van der Waals surface area contributed by atoms with Gasteiger partial charge < -0.3 is 34.1 Å². The van der Waals surface area contributed by atoms with Gasteiger partial charge in [0.05, 0.1) is 55.2 Å². The maximum absolute atomic E-state index is 13.3. The standard InChI is InChI=1S/C42H57N5O7S2/c1-5-46(19-8-6-7-10-31-13-14-34(48)36-38(31)56-41(51)44-36)35(49)16-24-53-23-15-30-11-9-12-32(37(30)52-4)26-45-20-17-42(18-21-45)28-47(22-25-54-42)40(50)33-27-55-39(43-33)29(2)3/h9,11-14,27,29,48H,5-8,10,15-26,28H2,1-4H3,(H,44,51). The molecule has 304 valence electrons. The molecule has 2 aliphatic heterocycles. The van der Waals surface area contributed by atoms with Crippen molar-refractivity contribution in [2.75, 3.05) is 66.2 Å². The number of para-hydroxylation sites is 1. The fourth-order valence-electron chi connectivity index (χ4n) is 7.84. The van der Waals surface area contributed by atoms with Gasteiger partial charge in [-0.2, -0.15) is 0 Å². The predicted molar refractivity (Wildman–Crippen MR) is 221 cm³/mol. The van der Waals surface area contributed by atoms with Gasteiger partial charge >= 0.3 is 4.87 Å². The largest absolute Gasteiger partial charge is 0.506 e. The molecule has 2 aromatic carbocycles. The number of hydrogen-bond donors (Lipinski definition) is 2. The van der Waals surface area contributed by atoms with E-state index < -0.39 is 0 Å². The summed E-state index contributed by atoms with van der Waals surface area (Å²) < 4.78 is 19.1. The molecule has 0 atom stereocenters. The van der Waals surface area contributed by atoms with Gasteiger partial charge in [-0.25, -0.2) is 4.98 Å². The highest BCUT2D eigenvalue weighted by atomic mass is 32.1. The summed E-state index contributed by atoms with van der Waals surface area (Å²) in [6.45, 7) is 12.7. The SMILES string of the molecule is CCN(CCCCCc1ccc(O)c2[nH]c(=O)sc12)C(=O)CCOCCc1cccc(CN2CCC3(CC2)CN(C(=O)c2csc(C(C)C)n2)CCO3)c1OC. The zero-order chi connectivity index (χ0) is 39.7. The highest BCUT2D eigenvalue weighted by Gasteiger charge is 2.41. The molecule has 4 heterocycles. The molecule has 2 N–H and O–H groups in total. The lowest BCUT2D eigenvalue weighted by Crippen LogP contribution is -2.58. The average molecular weight is 808 g/mol. The summed E-state index contributed by atoms with van der Waals surface area (Å²) >= 11 is 2.69. The molecule has 0 radical (unpaired) electrons. The summed E-state index contributed by atoms with van der Waals surface area (Å²) in [4.78, 5) is 51.5. The van der Waals surface area contributed by atoms with Gasteiger partial charge in [-0.15, -0.1) is 11.3 Å². The number of morpholine rings is 1. The summed E-state index contributed by atoms with van der Waals surface area (Å²) in [6.07, 6.45) is 6.38. The normalized spacial score (nSPS) is 15.9. The minimum Gasteiger partial charge on any atom is -0.506 e. The molecule has 0 saturated carbocycles. The number of aromatic nitrogens is 2. The minimum absolute atomic E-state index is 0.00539.